The SMILES string of the molecule is C=Nc1sc(C(C)C)cc1/C(=N\C)C(C)C. The molecule has 3 heteroatoms. The molecule has 2 nitrogen and oxygen atoms in total. The lowest BCUT2D eigenvalue weighted by Crippen LogP contribution is -2.08. The van der Waals surface area contributed by atoms with Crippen molar-refractivity contribution in [1.82, 2.24) is 0 Å². The Labute approximate surface area is 102 Å². The molecular formula is C13H20N2S. The van der Waals surface area contributed by atoms with E-state index in [1.165, 1.54) is 4.88 Å². The predicted molar refractivity (Wildman–Crippen MR) is 74.9 cm³/mol. The van der Waals surface area contributed by atoms with Gasteiger partial charge in [0.2, 0.25) is 0 Å². The zero-order valence-corrected chi connectivity index (χ0v) is 11.6. The normalized spacial score (nSPS) is 12.6. The van der Waals surface area contributed by atoms with Gasteiger partial charge in [-0.3, -0.25) is 9.98 Å². The highest BCUT2D eigenvalue weighted by molar-refractivity contribution is 7.16. The molecule has 0 radical (unpaired) electrons. The van der Waals surface area contributed by atoms with E-state index in [2.05, 4.69) is 50.5 Å². The molecule has 0 aliphatic rings. The summed E-state index contributed by atoms with van der Waals surface area (Å²) in [5.74, 6) is 0.949. The van der Waals surface area contributed by atoms with Crippen LogP contribution in [0.4, 0.5) is 5.00 Å². The minimum Gasteiger partial charge on any atom is -0.292 e. The molecule has 0 aromatic carbocycles. The van der Waals surface area contributed by atoms with Crippen LogP contribution >= 0.6 is 11.3 Å². The first-order valence-corrected chi connectivity index (χ1v) is 6.40. The van der Waals surface area contributed by atoms with Gasteiger partial charge in [0.25, 0.3) is 0 Å². The summed E-state index contributed by atoms with van der Waals surface area (Å²) >= 11 is 1.72. The summed E-state index contributed by atoms with van der Waals surface area (Å²) in [5, 5.41) is 0.998. The second-order valence-electron chi connectivity index (χ2n) is 4.44. The topological polar surface area (TPSA) is 24.7 Å². The number of aliphatic imine (C=N–C) groups is 2. The molecule has 0 amide bonds. The van der Waals surface area contributed by atoms with Crippen molar-refractivity contribution < 1.29 is 0 Å². The van der Waals surface area contributed by atoms with Gasteiger partial charge in [0.15, 0.2) is 0 Å². The molecule has 1 aromatic heterocycles. The summed E-state index contributed by atoms with van der Waals surface area (Å²) in [6.45, 7) is 12.3. The van der Waals surface area contributed by atoms with E-state index in [0.717, 1.165) is 16.3 Å². The Morgan fingerprint density at radius 1 is 1.31 bits per heavy atom. The lowest BCUT2D eigenvalue weighted by molar-refractivity contribution is 0.877. The molecule has 0 unspecified atom stereocenters. The molecule has 88 valence electrons. The molecule has 0 aliphatic heterocycles. The van der Waals surface area contributed by atoms with Crippen LogP contribution in [0.25, 0.3) is 0 Å². The first kappa shape index (κ1) is 13.1. The van der Waals surface area contributed by atoms with Crippen molar-refractivity contribution in [2.24, 2.45) is 15.9 Å². The average molecular weight is 236 g/mol. The molecule has 0 bridgehead atoms. The van der Waals surface area contributed by atoms with Crippen LogP contribution in [0.1, 0.15) is 44.1 Å². The van der Waals surface area contributed by atoms with Crippen molar-refractivity contribution >= 4 is 28.8 Å². The van der Waals surface area contributed by atoms with Crippen molar-refractivity contribution in [2.75, 3.05) is 7.05 Å². The zero-order valence-electron chi connectivity index (χ0n) is 10.7. The number of thiophene rings is 1. The summed E-state index contributed by atoms with van der Waals surface area (Å²) in [4.78, 5) is 9.83. The van der Waals surface area contributed by atoms with E-state index >= 15 is 0 Å². The van der Waals surface area contributed by atoms with Gasteiger partial charge < -0.3 is 0 Å². The van der Waals surface area contributed by atoms with Crippen LogP contribution in [0.2, 0.25) is 0 Å². The fourth-order valence-electron chi connectivity index (χ4n) is 1.68. The molecule has 1 rings (SSSR count). The number of nitrogens with zero attached hydrogens (tertiary/aromatic N) is 2. The Bertz CT molecular complexity index is 400. The van der Waals surface area contributed by atoms with Crippen LogP contribution in [-0.4, -0.2) is 19.5 Å². The van der Waals surface area contributed by atoms with Crippen LogP contribution < -0.4 is 0 Å². The van der Waals surface area contributed by atoms with Crippen molar-refractivity contribution in [3.8, 4) is 0 Å². The molecule has 0 fully saturated rings. The summed E-state index contributed by atoms with van der Waals surface area (Å²) in [5.41, 5.74) is 2.27. The van der Waals surface area contributed by atoms with Gasteiger partial charge in [-0.15, -0.1) is 11.3 Å². The van der Waals surface area contributed by atoms with E-state index in [-0.39, 0.29) is 0 Å². The van der Waals surface area contributed by atoms with Gasteiger partial charge in [0, 0.05) is 23.2 Å². The second kappa shape index (κ2) is 5.39. The minimum atomic E-state index is 0.417. The average Bonchev–Trinajstić information content (AvgIpc) is 2.62. The van der Waals surface area contributed by atoms with E-state index in [0.29, 0.717) is 11.8 Å². The van der Waals surface area contributed by atoms with E-state index < -0.39 is 0 Å². The summed E-state index contributed by atoms with van der Waals surface area (Å²) in [6.07, 6.45) is 0. The van der Waals surface area contributed by atoms with Gasteiger partial charge in [-0.2, -0.15) is 0 Å². The maximum absolute atomic E-state index is 4.37. The molecule has 0 N–H and O–H groups in total. The fraction of sp³-hybridized carbons (Fsp3) is 0.538. The lowest BCUT2D eigenvalue weighted by Gasteiger charge is -2.08. The molecular weight excluding hydrogens is 216 g/mol. The number of hydrogen-bond acceptors (Lipinski definition) is 3. The number of rotatable bonds is 4. The molecule has 0 saturated heterocycles. The van der Waals surface area contributed by atoms with E-state index in [1.807, 2.05) is 7.05 Å². The second-order valence-corrected chi connectivity index (χ2v) is 5.51. The van der Waals surface area contributed by atoms with Gasteiger partial charge in [-0.1, -0.05) is 27.7 Å². The molecule has 0 atom stereocenters. The van der Waals surface area contributed by atoms with Crippen LogP contribution in [0.5, 0.6) is 0 Å². The van der Waals surface area contributed by atoms with Crippen molar-refractivity contribution in [1.29, 1.82) is 0 Å². The number of hydrogen-bond donors (Lipinski definition) is 0. The standard InChI is InChI=1S/C13H20N2S/c1-8(2)11-7-10(13(15-6)16-11)12(14-5)9(3)4/h7-9H,6H2,1-5H3/b14-12-. The molecule has 1 heterocycles. The Kier molecular flexibility index (Phi) is 4.42. The molecule has 0 saturated carbocycles. The summed E-state index contributed by atoms with van der Waals surface area (Å²) in [7, 11) is 1.84. The Hall–Kier alpha value is -0.960. The van der Waals surface area contributed by atoms with Crippen LogP contribution in [0.15, 0.2) is 16.1 Å². The quantitative estimate of drug-likeness (QED) is 0.697. The van der Waals surface area contributed by atoms with E-state index in [1.54, 1.807) is 11.3 Å². The minimum absolute atomic E-state index is 0.417. The molecule has 16 heavy (non-hydrogen) atoms. The maximum atomic E-state index is 4.37. The molecule has 1 aromatic rings. The van der Waals surface area contributed by atoms with Crippen molar-refractivity contribution in [3.63, 3.8) is 0 Å². The fourth-order valence-corrected chi connectivity index (χ4v) is 2.65. The highest BCUT2D eigenvalue weighted by atomic mass is 32.1. The maximum Gasteiger partial charge on any atom is 0.124 e. The van der Waals surface area contributed by atoms with E-state index in [9.17, 15) is 0 Å². The third-order valence-electron chi connectivity index (χ3n) is 2.51. The highest BCUT2D eigenvalue weighted by Crippen LogP contribution is 2.36. The van der Waals surface area contributed by atoms with Crippen molar-refractivity contribution in [3.05, 3.63) is 16.5 Å². The largest absolute Gasteiger partial charge is 0.292 e. The van der Waals surface area contributed by atoms with Crippen LogP contribution in [0.3, 0.4) is 0 Å². The molecule has 0 aliphatic carbocycles. The van der Waals surface area contributed by atoms with Gasteiger partial charge >= 0.3 is 0 Å². The Morgan fingerprint density at radius 2 is 1.94 bits per heavy atom. The third kappa shape index (κ3) is 2.59. The highest BCUT2D eigenvalue weighted by Gasteiger charge is 2.16. The van der Waals surface area contributed by atoms with E-state index in [4.69, 9.17) is 0 Å². The monoisotopic (exact) mass is 236 g/mol. The zero-order chi connectivity index (χ0) is 12.3. The molecule has 0 spiro atoms. The van der Waals surface area contributed by atoms with Crippen LogP contribution in [-0.2, 0) is 0 Å². The first-order chi connectivity index (χ1) is 7.51. The smallest absolute Gasteiger partial charge is 0.124 e. The first-order valence-electron chi connectivity index (χ1n) is 5.58. The predicted octanol–water partition coefficient (Wildman–Crippen LogP) is 4.28. The van der Waals surface area contributed by atoms with Crippen LogP contribution in [0, 0.1) is 5.92 Å². The summed E-state index contributed by atoms with van der Waals surface area (Å²) in [6, 6.07) is 2.21. The van der Waals surface area contributed by atoms with Gasteiger partial charge in [0.1, 0.15) is 5.00 Å². The van der Waals surface area contributed by atoms with Gasteiger partial charge in [0.05, 0.1) is 0 Å². The lowest BCUT2D eigenvalue weighted by atomic mass is 10.0. The Balaban J connectivity index is 3.26. The Morgan fingerprint density at radius 3 is 2.31 bits per heavy atom. The van der Waals surface area contributed by atoms with Gasteiger partial charge in [-0.05, 0) is 24.6 Å². The third-order valence-corrected chi connectivity index (χ3v) is 3.88. The van der Waals surface area contributed by atoms with Crippen molar-refractivity contribution in [2.45, 2.75) is 33.6 Å². The summed E-state index contributed by atoms with van der Waals surface area (Å²) < 4.78 is 0. The van der Waals surface area contributed by atoms with Gasteiger partial charge in [-0.25, -0.2) is 0 Å².